The number of anilines is 1. The summed E-state index contributed by atoms with van der Waals surface area (Å²) in [5.74, 6) is -2.48. The Morgan fingerprint density at radius 1 is 1.09 bits per heavy atom. The minimum atomic E-state index is -1.50. The highest BCUT2D eigenvalue weighted by Crippen LogP contribution is 2.38. The molecule has 7 nitrogen and oxygen atoms in total. The summed E-state index contributed by atoms with van der Waals surface area (Å²) in [6.07, 6.45) is 1.28. The highest BCUT2D eigenvalue weighted by molar-refractivity contribution is 14.1. The van der Waals surface area contributed by atoms with Crippen LogP contribution in [0.4, 0.5) is 5.69 Å². The Morgan fingerprint density at radius 3 is 2.44 bits per heavy atom. The molecule has 0 spiro atoms. The Kier molecular flexibility index (Phi) is 6.36. The standard InChI is InChI=1S/C22H14Cl2IN3O4/c23-13-4-1-11(2-5-13)18-20(29)27-16-7-6-14(25)9-15(16)21(30)28(18)19(22(31)32)12-3-8-17(24)26-10-12/h1-10,18-19H,(H,27,29)(H,31,32). The zero-order valence-corrected chi connectivity index (χ0v) is 19.8. The van der Waals surface area contributed by atoms with Crippen molar-refractivity contribution in [2.45, 2.75) is 12.1 Å². The third-order valence-corrected chi connectivity index (χ3v) is 6.14. The van der Waals surface area contributed by atoms with Gasteiger partial charge in [-0.05, 0) is 64.6 Å². The number of benzene rings is 2. The highest BCUT2D eigenvalue weighted by atomic mass is 127. The van der Waals surface area contributed by atoms with Crippen LogP contribution in [-0.4, -0.2) is 32.8 Å². The van der Waals surface area contributed by atoms with E-state index >= 15 is 0 Å². The number of nitrogens with one attached hydrogen (secondary N) is 1. The van der Waals surface area contributed by atoms with Crippen molar-refractivity contribution >= 4 is 69.3 Å². The molecule has 1 aromatic heterocycles. The average molecular weight is 582 g/mol. The molecule has 2 atom stereocenters. The Morgan fingerprint density at radius 2 is 1.81 bits per heavy atom. The minimum Gasteiger partial charge on any atom is -0.479 e. The zero-order valence-electron chi connectivity index (χ0n) is 16.1. The molecule has 0 bridgehead atoms. The lowest BCUT2D eigenvalue weighted by Crippen LogP contribution is -2.44. The van der Waals surface area contributed by atoms with Crippen molar-refractivity contribution in [3.63, 3.8) is 0 Å². The van der Waals surface area contributed by atoms with Gasteiger partial charge < -0.3 is 15.3 Å². The molecule has 1 aliphatic rings. The number of carbonyl (C=O) groups is 3. The topological polar surface area (TPSA) is 99.6 Å². The van der Waals surface area contributed by atoms with E-state index in [1.165, 1.54) is 18.3 Å². The van der Waals surface area contributed by atoms with E-state index in [1.807, 2.05) is 22.6 Å². The molecule has 2 N–H and O–H groups in total. The number of hydrogen-bond acceptors (Lipinski definition) is 4. The maximum atomic E-state index is 13.8. The van der Waals surface area contributed by atoms with Gasteiger partial charge in [0, 0.05) is 20.4 Å². The zero-order chi connectivity index (χ0) is 23.0. The van der Waals surface area contributed by atoms with Crippen LogP contribution in [0.15, 0.2) is 60.8 Å². The molecule has 10 heteroatoms. The predicted octanol–water partition coefficient (Wildman–Crippen LogP) is 4.95. The van der Waals surface area contributed by atoms with Gasteiger partial charge in [0.25, 0.3) is 11.8 Å². The lowest BCUT2D eigenvalue weighted by Gasteiger charge is -2.34. The number of pyridine rings is 1. The molecular weight excluding hydrogens is 568 g/mol. The van der Waals surface area contributed by atoms with Crippen molar-refractivity contribution in [3.05, 3.63) is 91.2 Å². The van der Waals surface area contributed by atoms with E-state index in [0.29, 0.717) is 16.3 Å². The highest BCUT2D eigenvalue weighted by Gasteiger charge is 2.44. The van der Waals surface area contributed by atoms with Gasteiger partial charge in [0.2, 0.25) is 0 Å². The number of halogens is 3. The Hall–Kier alpha value is -2.69. The molecule has 0 fully saturated rings. The van der Waals surface area contributed by atoms with Crippen molar-refractivity contribution in [1.82, 2.24) is 9.88 Å². The fraction of sp³-hybridized carbons (Fsp3) is 0.0909. The van der Waals surface area contributed by atoms with Gasteiger partial charge in [-0.25, -0.2) is 9.78 Å². The van der Waals surface area contributed by atoms with Gasteiger partial charge in [-0.1, -0.05) is 41.4 Å². The molecule has 2 amide bonds. The number of carboxylic acids is 1. The smallest absolute Gasteiger partial charge is 0.331 e. The fourth-order valence-electron chi connectivity index (χ4n) is 3.58. The van der Waals surface area contributed by atoms with Crippen LogP contribution in [0.1, 0.15) is 33.6 Å². The van der Waals surface area contributed by atoms with E-state index in [-0.39, 0.29) is 16.3 Å². The molecule has 2 aromatic carbocycles. The Labute approximate surface area is 206 Å². The monoisotopic (exact) mass is 581 g/mol. The quantitative estimate of drug-likeness (QED) is 0.335. The second-order valence-electron chi connectivity index (χ2n) is 7.00. The average Bonchev–Trinajstić information content (AvgIpc) is 2.85. The van der Waals surface area contributed by atoms with Crippen LogP contribution >= 0.6 is 45.8 Å². The number of hydrogen-bond donors (Lipinski definition) is 2. The summed E-state index contributed by atoms with van der Waals surface area (Å²) < 4.78 is 0.758. The molecule has 2 heterocycles. The number of fused-ring (bicyclic) bond motifs is 1. The molecule has 0 aliphatic carbocycles. The van der Waals surface area contributed by atoms with Crippen molar-refractivity contribution < 1.29 is 19.5 Å². The maximum absolute atomic E-state index is 13.8. The number of nitrogens with zero attached hydrogens (tertiary/aromatic N) is 2. The number of carbonyl (C=O) groups excluding carboxylic acids is 2. The lowest BCUT2D eigenvalue weighted by atomic mass is 9.98. The number of carboxylic acid groups (broad SMARTS) is 1. The van der Waals surface area contributed by atoms with E-state index in [4.69, 9.17) is 23.2 Å². The third kappa shape index (κ3) is 4.30. The van der Waals surface area contributed by atoms with E-state index in [9.17, 15) is 19.5 Å². The van der Waals surface area contributed by atoms with Crippen LogP contribution in [0, 0.1) is 3.57 Å². The minimum absolute atomic E-state index is 0.173. The molecular formula is C22H14Cl2IN3O4. The van der Waals surface area contributed by atoms with E-state index < -0.39 is 29.9 Å². The lowest BCUT2D eigenvalue weighted by molar-refractivity contribution is -0.144. The van der Waals surface area contributed by atoms with Crippen molar-refractivity contribution in [1.29, 1.82) is 0 Å². The predicted molar refractivity (Wildman–Crippen MR) is 128 cm³/mol. The fourth-order valence-corrected chi connectivity index (χ4v) is 4.31. The summed E-state index contributed by atoms with van der Waals surface area (Å²) in [4.78, 5) is 44.6. The molecule has 162 valence electrons. The van der Waals surface area contributed by atoms with Crippen molar-refractivity contribution in [2.24, 2.45) is 0 Å². The van der Waals surface area contributed by atoms with E-state index in [0.717, 1.165) is 8.47 Å². The van der Waals surface area contributed by atoms with Gasteiger partial charge >= 0.3 is 5.97 Å². The van der Waals surface area contributed by atoms with Gasteiger partial charge in [-0.15, -0.1) is 0 Å². The van der Waals surface area contributed by atoms with Gasteiger partial charge in [0.05, 0.1) is 11.3 Å². The molecule has 1 aliphatic heterocycles. The normalized spacial score (nSPS) is 16.7. The first kappa shape index (κ1) is 22.5. The second kappa shape index (κ2) is 9.05. The van der Waals surface area contributed by atoms with E-state index in [2.05, 4.69) is 10.3 Å². The summed E-state index contributed by atoms with van der Waals surface area (Å²) in [6.45, 7) is 0. The molecule has 0 saturated carbocycles. The first-order valence-electron chi connectivity index (χ1n) is 9.29. The summed E-state index contributed by atoms with van der Waals surface area (Å²) in [7, 11) is 0. The van der Waals surface area contributed by atoms with E-state index in [1.54, 1.807) is 42.5 Å². The third-order valence-electron chi connectivity index (χ3n) is 4.99. The van der Waals surface area contributed by atoms with Gasteiger partial charge in [0.1, 0.15) is 11.2 Å². The first-order valence-corrected chi connectivity index (χ1v) is 11.1. The van der Waals surface area contributed by atoms with Crippen LogP contribution in [0.25, 0.3) is 0 Å². The molecule has 32 heavy (non-hydrogen) atoms. The van der Waals surface area contributed by atoms with Crippen LogP contribution < -0.4 is 5.32 Å². The number of aliphatic carboxylic acids is 1. The summed E-state index contributed by atoms with van der Waals surface area (Å²) >= 11 is 13.9. The Balaban J connectivity index is 1.95. The number of amides is 2. The SMILES string of the molecule is O=C(O)C(c1ccc(Cl)nc1)N1C(=O)c2cc(I)ccc2NC(=O)C1c1ccc(Cl)cc1. The number of aromatic nitrogens is 1. The Bertz CT molecular complexity index is 1220. The summed E-state index contributed by atoms with van der Waals surface area (Å²) in [5.41, 5.74) is 1.11. The van der Waals surface area contributed by atoms with Gasteiger partial charge in [0.15, 0.2) is 6.04 Å². The summed E-state index contributed by atoms with van der Waals surface area (Å²) in [5, 5.41) is 13.5. The molecule has 0 radical (unpaired) electrons. The van der Waals surface area contributed by atoms with Crippen molar-refractivity contribution in [3.8, 4) is 0 Å². The van der Waals surface area contributed by atoms with Crippen LogP contribution in [-0.2, 0) is 9.59 Å². The van der Waals surface area contributed by atoms with Gasteiger partial charge in [-0.2, -0.15) is 0 Å². The molecule has 4 rings (SSSR count). The summed E-state index contributed by atoms with van der Waals surface area (Å²) in [6, 6.07) is 11.5. The van der Waals surface area contributed by atoms with Crippen LogP contribution in [0.5, 0.6) is 0 Å². The van der Waals surface area contributed by atoms with Crippen molar-refractivity contribution in [2.75, 3.05) is 5.32 Å². The number of rotatable bonds is 4. The maximum Gasteiger partial charge on any atom is 0.331 e. The molecule has 2 unspecified atom stereocenters. The van der Waals surface area contributed by atoms with Crippen LogP contribution in [0.3, 0.4) is 0 Å². The second-order valence-corrected chi connectivity index (χ2v) is 9.07. The molecule has 0 saturated heterocycles. The largest absolute Gasteiger partial charge is 0.479 e. The van der Waals surface area contributed by atoms with Gasteiger partial charge in [-0.3, -0.25) is 9.59 Å². The first-order chi connectivity index (χ1) is 15.3. The van der Waals surface area contributed by atoms with Crippen LogP contribution in [0.2, 0.25) is 10.2 Å². The molecule has 3 aromatic rings.